The highest BCUT2D eigenvalue weighted by molar-refractivity contribution is 7.91. The first-order valence-corrected chi connectivity index (χ1v) is 6.52. The van der Waals surface area contributed by atoms with Crippen molar-refractivity contribution in [2.45, 2.75) is 25.7 Å². The van der Waals surface area contributed by atoms with Crippen molar-refractivity contribution in [2.24, 2.45) is 0 Å². The van der Waals surface area contributed by atoms with Crippen LogP contribution in [0.3, 0.4) is 0 Å². The molecule has 1 aromatic rings. The van der Waals surface area contributed by atoms with Gasteiger partial charge in [-0.05, 0) is 37.1 Å². The summed E-state index contributed by atoms with van der Waals surface area (Å²) in [6, 6.07) is 2.70. The second kappa shape index (κ2) is 4.25. The maximum absolute atomic E-state index is 11.8. The molecule has 0 aliphatic heterocycles. The Kier molecular flexibility index (Phi) is 3.38. The summed E-state index contributed by atoms with van der Waals surface area (Å²) in [5.41, 5.74) is 1.30. The van der Waals surface area contributed by atoms with Crippen LogP contribution in [0, 0.1) is 13.8 Å². The lowest BCUT2D eigenvalue weighted by molar-refractivity contribution is 0.0696. The molecule has 1 rings (SSSR count). The summed E-state index contributed by atoms with van der Waals surface area (Å²) in [4.78, 5) is 11.0. The molecule has 0 aliphatic carbocycles. The molecule has 0 saturated heterocycles. The maximum atomic E-state index is 11.8. The van der Waals surface area contributed by atoms with Crippen LogP contribution in [0.1, 0.15) is 28.4 Å². The minimum absolute atomic E-state index is 0.00938. The molecule has 0 aliphatic rings. The molecule has 0 heterocycles. The SMILES string of the molecule is CCS(=O)(=O)c1cc(C(=O)O)cc(C)c1C. The topological polar surface area (TPSA) is 71.4 Å². The van der Waals surface area contributed by atoms with Gasteiger partial charge in [0.2, 0.25) is 0 Å². The third kappa shape index (κ3) is 2.24. The summed E-state index contributed by atoms with van der Waals surface area (Å²) in [6.07, 6.45) is 0. The first kappa shape index (κ1) is 12.7. The van der Waals surface area contributed by atoms with Crippen LogP contribution in [-0.2, 0) is 9.84 Å². The quantitative estimate of drug-likeness (QED) is 0.877. The van der Waals surface area contributed by atoms with Crippen molar-refractivity contribution < 1.29 is 18.3 Å². The van der Waals surface area contributed by atoms with Crippen molar-refractivity contribution in [1.29, 1.82) is 0 Å². The molecule has 5 heteroatoms. The molecule has 1 aromatic carbocycles. The number of rotatable bonds is 3. The molecule has 0 bridgehead atoms. The van der Waals surface area contributed by atoms with Crippen molar-refractivity contribution in [1.82, 2.24) is 0 Å². The minimum atomic E-state index is -3.37. The Morgan fingerprint density at radius 1 is 1.31 bits per heavy atom. The van der Waals surface area contributed by atoms with Crippen LogP contribution in [0.15, 0.2) is 17.0 Å². The number of sulfone groups is 1. The molecule has 0 atom stereocenters. The molecule has 16 heavy (non-hydrogen) atoms. The molecule has 1 N–H and O–H groups in total. The van der Waals surface area contributed by atoms with Gasteiger partial charge in [-0.3, -0.25) is 0 Å². The van der Waals surface area contributed by atoms with Crippen molar-refractivity contribution >= 4 is 15.8 Å². The monoisotopic (exact) mass is 242 g/mol. The highest BCUT2D eigenvalue weighted by Gasteiger charge is 2.18. The molecule has 0 amide bonds. The summed E-state index contributed by atoms with van der Waals surface area (Å²) >= 11 is 0. The second-order valence-electron chi connectivity index (χ2n) is 3.62. The number of hydrogen-bond donors (Lipinski definition) is 1. The van der Waals surface area contributed by atoms with Gasteiger partial charge < -0.3 is 5.11 Å². The number of carboxylic acids is 1. The number of hydrogen-bond acceptors (Lipinski definition) is 3. The molecule has 88 valence electrons. The number of aromatic carboxylic acids is 1. The summed E-state index contributed by atoms with van der Waals surface area (Å²) < 4.78 is 23.5. The van der Waals surface area contributed by atoms with Crippen molar-refractivity contribution in [3.63, 3.8) is 0 Å². The largest absolute Gasteiger partial charge is 0.478 e. The summed E-state index contributed by atoms with van der Waals surface area (Å²) in [7, 11) is -3.37. The summed E-state index contributed by atoms with van der Waals surface area (Å²) in [5, 5.41) is 8.87. The molecule has 0 spiro atoms. The van der Waals surface area contributed by atoms with Gasteiger partial charge in [-0.1, -0.05) is 6.92 Å². The smallest absolute Gasteiger partial charge is 0.335 e. The second-order valence-corrected chi connectivity index (χ2v) is 5.87. The van der Waals surface area contributed by atoms with Gasteiger partial charge in [0.1, 0.15) is 0 Å². The van der Waals surface area contributed by atoms with E-state index in [2.05, 4.69) is 0 Å². The van der Waals surface area contributed by atoms with Crippen LogP contribution in [-0.4, -0.2) is 25.2 Å². The molecule has 0 aromatic heterocycles. The van der Waals surface area contributed by atoms with E-state index in [1.165, 1.54) is 19.1 Å². The lowest BCUT2D eigenvalue weighted by Gasteiger charge is -2.10. The first-order valence-electron chi connectivity index (χ1n) is 4.87. The van der Waals surface area contributed by atoms with Gasteiger partial charge in [-0.25, -0.2) is 13.2 Å². The molecule has 0 fully saturated rings. The Morgan fingerprint density at radius 2 is 1.88 bits per heavy atom. The predicted octanol–water partition coefficient (Wildman–Crippen LogP) is 1.80. The van der Waals surface area contributed by atoms with E-state index in [4.69, 9.17) is 5.11 Å². The van der Waals surface area contributed by atoms with Crippen molar-refractivity contribution in [3.05, 3.63) is 28.8 Å². The fourth-order valence-corrected chi connectivity index (χ4v) is 2.67. The van der Waals surface area contributed by atoms with Gasteiger partial charge in [0.25, 0.3) is 0 Å². The predicted molar refractivity (Wildman–Crippen MR) is 60.6 cm³/mol. The Hall–Kier alpha value is -1.36. The minimum Gasteiger partial charge on any atom is -0.478 e. The van der Waals surface area contributed by atoms with Crippen LogP contribution >= 0.6 is 0 Å². The fraction of sp³-hybridized carbons (Fsp3) is 0.364. The number of carbonyl (C=O) groups is 1. The number of aryl methyl sites for hydroxylation is 1. The molecular formula is C11H14O4S. The average Bonchev–Trinajstić information content (AvgIpc) is 2.21. The van der Waals surface area contributed by atoms with Gasteiger partial charge >= 0.3 is 5.97 Å². The van der Waals surface area contributed by atoms with E-state index in [9.17, 15) is 13.2 Å². The lowest BCUT2D eigenvalue weighted by atomic mass is 10.1. The van der Waals surface area contributed by atoms with E-state index in [0.29, 0.717) is 11.1 Å². The van der Waals surface area contributed by atoms with E-state index in [0.717, 1.165) is 0 Å². The Balaban J connectivity index is 3.57. The van der Waals surface area contributed by atoms with Crippen LogP contribution in [0.4, 0.5) is 0 Å². The summed E-state index contributed by atoms with van der Waals surface area (Å²) in [5.74, 6) is -1.15. The molecule has 0 saturated carbocycles. The van der Waals surface area contributed by atoms with Crippen molar-refractivity contribution in [3.8, 4) is 0 Å². The van der Waals surface area contributed by atoms with E-state index >= 15 is 0 Å². The zero-order chi connectivity index (χ0) is 12.5. The van der Waals surface area contributed by atoms with Crippen LogP contribution in [0.2, 0.25) is 0 Å². The highest BCUT2D eigenvalue weighted by Crippen LogP contribution is 2.22. The van der Waals surface area contributed by atoms with Gasteiger partial charge in [0.15, 0.2) is 9.84 Å². The van der Waals surface area contributed by atoms with E-state index in [-0.39, 0.29) is 16.2 Å². The van der Waals surface area contributed by atoms with E-state index in [1.54, 1.807) is 13.8 Å². The Bertz CT molecular complexity index is 529. The van der Waals surface area contributed by atoms with Crippen LogP contribution in [0.5, 0.6) is 0 Å². The van der Waals surface area contributed by atoms with Gasteiger partial charge in [-0.2, -0.15) is 0 Å². The lowest BCUT2D eigenvalue weighted by Crippen LogP contribution is -2.09. The normalized spacial score (nSPS) is 11.4. The standard InChI is InChI=1S/C11H14O4S/c1-4-16(14,15)10-6-9(11(12)13)5-7(2)8(10)3/h5-6H,4H2,1-3H3,(H,12,13). The third-order valence-corrected chi connectivity index (χ3v) is 4.44. The number of carboxylic acid groups (broad SMARTS) is 1. The van der Waals surface area contributed by atoms with Gasteiger partial charge in [-0.15, -0.1) is 0 Å². The van der Waals surface area contributed by atoms with Gasteiger partial charge in [0, 0.05) is 0 Å². The molecular weight excluding hydrogens is 228 g/mol. The molecule has 4 nitrogen and oxygen atoms in total. The van der Waals surface area contributed by atoms with Crippen molar-refractivity contribution in [2.75, 3.05) is 5.75 Å². The van der Waals surface area contributed by atoms with E-state index < -0.39 is 15.8 Å². The molecule has 0 radical (unpaired) electrons. The fourth-order valence-electron chi connectivity index (χ4n) is 1.43. The maximum Gasteiger partial charge on any atom is 0.335 e. The zero-order valence-electron chi connectivity index (χ0n) is 9.44. The van der Waals surface area contributed by atoms with Crippen LogP contribution < -0.4 is 0 Å². The zero-order valence-corrected chi connectivity index (χ0v) is 10.3. The van der Waals surface area contributed by atoms with Gasteiger partial charge in [0.05, 0.1) is 16.2 Å². The third-order valence-electron chi connectivity index (χ3n) is 2.58. The average molecular weight is 242 g/mol. The summed E-state index contributed by atoms with van der Waals surface area (Å²) in [6.45, 7) is 4.93. The highest BCUT2D eigenvalue weighted by atomic mass is 32.2. The molecule has 0 unspecified atom stereocenters. The number of benzene rings is 1. The van der Waals surface area contributed by atoms with Crippen LogP contribution in [0.25, 0.3) is 0 Å². The Labute approximate surface area is 94.8 Å². The van der Waals surface area contributed by atoms with E-state index in [1.807, 2.05) is 0 Å². The first-order chi connectivity index (χ1) is 7.29. The Morgan fingerprint density at radius 3 is 2.31 bits per heavy atom.